The van der Waals surface area contributed by atoms with E-state index < -0.39 is 0 Å². The minimum atomic E-state index is 0. The number of hydrogen-bond acceptors (Lipinski definition) is 0. The standard InChI is InChI=1S/C14H27N2.C13H25N2.2C12H23N2.4CH4/c1-4-6-8-9-11-16-13-15(3)12-14(16)10-7-5-2;1-6-7-8-9-10-15-12(3)11(2)14(5)13(15)4;1-5-6-7-8-9-14-10-11(2)13(4)12(14)3;1-5-6-7-8-9-14-11(2)10-13(4)12(14)3;;;;/h12-13H,4-11H2,1-3H3;6-10H2,1-5H3;2*10H,5-9H2,1-4H3;4*1H4/q4*+1;;;;. The van der Waals surface area contributed by atoms with E-state index in [-0.39, 0.29) is 29.7 Å². The molecule has 4 aromatic rings. The van der Waals surface area contributed by atoms with Crippen molar-refractivity contribution in [2.45, 2.75) is 261 Å². The lowest BCUT2D eigenvalue weighted by atomic mass is 10.2. The zero-order valence-electron chi connectivity index (χ0n) is 42.2. The first-order valence-electron chi connectivity index (χ1n) is 24.3. The maximum atomic E-state index is 2.45. The van der Waals surface area contributed by atoms with Crippen molar-refractivity contribution >= 4 is 0 Å². The van der Waals surface area contributed by atoms with Gasteiger partial charge in [0.05, 0.1) is 54.4 Å². The lowest BCUT2D eigenvalue weighted by Gasteiger charge is -2.01. The fraction of sp³-hybridized carbons (Fsp3) is 0.782. The molecular weight excluding hydrogens is 773 g/mol. The van der Waals surface area contributed by atoms with Crippen molar-refractivity contribution in [3.8, 4) is 0 Å². The molecule has 0 spiro atoms. The van der Waals surface area contributed by atoms with Gasteiger partial charge in [0.2, 0.25) is 6.33 Å². The predicted molar refractivity (Wildman–Crippen MR) is 278 cm³/mol. The molecule has 8 heteroatoms. The molecule has 0 saturated carbocycles. The molecule has 0 radical (unpaired) electrons. The van der Waals surface area contributed by atoms with Crippen LogP contribution in [0.2, 0.25) is 0 Å². The van der Waals surface area contributed by atoms with Gasteiger partial charge in [-0.1, -0.05) is 122 Å². The summed E-state index contributed by atoms with van der Waals surface area (Å²) < 4.78 is 18.6. The highest BCUT2D eigenvalue weighted by Gasteiger charge is 2.19. The molecule has 370 valence electrons. The van der Waals surface area contributed by atoms with Crippen molar-refractivity contribution in [2.75, 3.05) is 0 Å². The predicted octanol–water partition coefficient (Wildman–Crippen LogP) is 13.6. The number of aryl methyl sites for hydroxylation is 7. The maximum Gasteiger partial charge on any atom is 0.253 e. The number of rotatable bonds is 23. The zero-order chi connectivity index (χ0) is 44.3. The van der Waals surface area contributed by atoms with Gasteiger partial charge in [-0.3, -0.25) is 0 Å². The van der Waals surface area contributed by atoms with E-state index in [9.17, 15) is 0 Å². The number of aromatic nitrogens is 8. The molecule has 4 aromatic heterocycles. The molecule has 0 aromatic carbocycles. The third kappa shape index (κ3) is 24.1. The average Bonchev–Trinajstić information content (AvgIpc) is 3.85. The Kier molecular flexibility index (Phi) is 40.2. The van der Waals surface area contributed by atoms with Crippen LogP contribution >= 0.6 is 0 Å². The summed E-state index contributed by atoms with van der Waals surface area (Å²) in [5.41, 5.74) is 7.04. The quantitative estimate of drug-likeness (QED) is 0.0525. The van der Waals surface area contributed by atoms with E-state index in [1.807, 2.05) is 0 Å². The van der Waals surface area contributed by atoms with Gasteiger partial charge in [-0.15, -0.1) is 0 Å². The summed E-state index contributed by atoms with van der Waals surface area (Å²) in [6, 6.07) is 0. The van der Waals surface area contributed by atoms with E-state index in [4.69, 9.17) is 0 Å². The number of nitrogens with zero attached hydrogens (tertiary/aromatic N) is 8. The van der Waals surface area contributed by atoms with Gasteiger partial charge >= 0.3 is 0 Å². The van der Waals surface area contributed by atoms with Crippen molar-refractivity contribution < 1.29 is 18.3 Å². The number of unbranched alkanes of at least 4 members (excludes halogenated alkanes) is 13. The Balaban J connectivity index is -0.000000361. The SMILES string of the molecule is C.C.C.C.CCCCCC[n+]1cc(C)n(C)c1C.CCCCCCn1c(C)c(C)[n+](C)c1C.CCCCCCn1c(C)c[n+](C)c1C.CCCCCCn1c[n+](C)cc1CCCC. The summed E-state index contributed by atoms with van der Waals surface area (Å²) >= 11 is 0. The largest absolute Gasteiger partial charge is 0.253 e. The first kappa shape index (κ1) is 66.4. The Hall–Kier alpha value is -3.16. The normalized spacial score (nSPS) is 10.2. The average molecular weight is 888 g/mol. The van der Waals surface area contributed by atoms with Crippen molar-refractivity contribution in [1.29, 1.82) is 0 Å². The smallest absolute Gasteiger partial charge is 0.239 e. The summed E-state index contributed by atoms with van der Waals surface area (Å²) in [4.78, 5) is 0. The van der Waals surface area contributed by atoms with Gasteiger partial charge in [0.25, 0.3) is 17.5 Å². The molecule has 0 aliphatic carbocycles. The third-order valence-electron chi connectivity index (χ3n) is 12.6. The summed E-state index contributed by atoms with van der Waals surface area (Å²) in [7, 11) is 8.52. The first-order chi connectivity index (χ1) is 28.2. The summed E-state index contributed by atoms with van der Waals surface area (Å²) in [5.74, 6) is 4.10. The zero-order valence-corrected chi connectivity index (χ0v) is 42.2. The molecule has 0 amide bonds. The van der Waals surface area contributed by atoms with Crippen LogP contribution in [0.4, 0.5) is 0 Å². The third-order valence-corrected chi connectivity index (χ3v) is 12.6. The Morgan fingerprint density at radius 1 is 0.476 bits per heavy atom. The second-order valence-corrected chi connectivity index (χ2v) is 17.5. The fourth-order valence-corrected chi connectivity index (χ4v) is 7.96. The van der Waals surface area contributed by atoms with E-state index in [1.54, 1.807) is 0 Å². The maximum absolute atomic E-state index is 2.45. The van der Waals surface area contributed by atoms with Crippen molar-refractivity contribution in [3.05, 3.63) is 70.9 Å². The van der Waals surface area contributed by atoms with E-state index in [0.717, 1.165) is 0 Å². The van der Waals surface area contributed by atoms with E-state index >= 15 is 0 Å². The second kappa shape index (κ2) is 38.1. The topological polar surface area (TPSA) is 35.2 Å². The molecule has 0 fully saturated rings. The van der Waals surface area contributed by atoms with Crippen LogP contribution in [-0.2, 0) is 60.8 Å². The summed E-state index contributed by atoms with van der Waals surface area (Å²) in [6.45, 7) is 31.4. The minimum absolute atomic E-state index is 0. The van der Waals surface area contributed by atoms with Crippen LogP contribution in [0, 0.1) is 48.5 Å². The van der Waals surface area contributed by atoms with Crippen LogP contribution < -0.4 is 18.3 Å². The second-order valence-electron chi connectivity index (χ2n) is 17.5. The Bertz CT molecular complexity index is 1660. The molecule has 0 N–H and O–H groups in total. The Morgan fingerprint density at radius 3 is 1.37 bits per heavy atom. The molecule has 0 saturated heterocycles. The lowest BCUT2D eigenvalue weighted by molar-refractivity contribution is -0.702. The number of hydrogen-bond donors (Lipinski definition) is 0. The molecule has 8 nitrogen and oxygen atoms in total. The highest BCUT2D eigenvalue weighted by Crippen LogP contribution is 2.11. The molecule has 0 unspecified atom stereocenters. The van der Waals surface area contributed by atoms with Crippen molar-refractivity contribution in [1.82, 2.24) is 18.3 Å². The van der Waals surface area contributed by atoms with E-state index in [0.29, 0.717) is 0 Å². The van der Waals surface area contributed by atoms with Gasteiger partial charge in [0.1, 0.15) is 47.1 Å². The highest BCUT2D eigenvalue weighted by atomic mass is 15.2. The minimum Gasteiger partial charge on any atom is -0.239 e. The lowest BCUT2D eigenvalue weighted by Crippen LogP contribution is -2.35. The fourth-order valence-electron chi connectivity index (χ4n) is 7.96. The van der Waals surface area contributed by atoms with Gasteiger partial charge in [-0.05, 0) is 57.8 Å². The Morgan fingerprint density at radius 2 is 0.952 bits per heavy atom. The Labute approximate surface area is 395 Å². The molecule has 0 aliphatic heterocycles. The molecular formula is C55H114N8+4. The molecule has 4 rings (SSSR count). The van der Waals surface area contributed by atoms with Crippen LogP contribution in [0.25, 0.3) is 0 Å². The van der Waals surface area contributed by atoms with Gasteiger partial charge in [-0.25, -0.2) is 36.5 Å². The molecule has 4 heterocycles. The van der Waals surface area contributed by atoms with Crippen molar-refractivity contribution in [2.24, 2.45) is 28.2 Å². The van der Waals surface area contributed by atoms with E-state index in [1.165, 1.54) is 194 Å². The first-order valence-corrected chi connectivity index (χ1v) is 24.3. The van der Waals surface area contributed by atoms with Gasteiger partial charge in [0, 0.05) is 54.9 Å². The van der Waals surface area contributed by atoms with Crippen LogP contribution in [0.15, 0.2) is 24.9 Å². The highest BCUT2D eigenvalue weighted by molar-refractivity contribution is 5.06. The van der Waals surface area contributed by atoms with Gasteiger partial charge in [0.15, 0.2) is 0 Å². The molecule has 0 aliphatic rings. The molecule has 0 atom stereocenters. The van der Waals surface area contributed by atoms with Crippen LogP contribution in [-0.4, -0.2) is 18.3 Å². The summed E-state index contributed by atoms with van der Waals surface area (Å²) in [6.07, 6.45) is 34.2. The number of imidazole rings is 4. The van der Waals surface area contributed by atoms with Crippen molar-refractivity contribution in [3.63, 3.8) is 0 Å². The van der Waals surface area contributed by atoms with Gasteiger partial charge < -0.3 is 0 Å². The van der Waals surface area contributed by atoms with Crippen LogP contribution in [0.5, 0.6) is 0 Å². The van der Waals surface area contributed by atoms with Crippen LogP contribution in [0.1, 0.15) is 226 Å². The van der Waals surface area contributed by atoms with Gasteiger partial charge in [-0.2, -0.15) is 0 Å². The molecule has 0 bridgehead atoms. The van der Waals surface area contributed by atoms with Crippen LogP contribution in [0.3, 0.4) is 0 Å². The van der Waals surface area contributed by atoms with E-state index in [2.05, 4.69) is 173 Å². The summed E-state index contributed by atoms with van der Waals surface area (Å²) in [5, 5.41) is 0. The molecule has 63 heavy (non-hydrogen) atoms. The monoisotopic (exact) mass is 887 g/mol.